The van der Waals surface area contributed by atoms with Gasteiger partial charge in [-0.25, -0.2) is 19.6 Å². The molecule has 0 atom stereocenters. The van der Waals surface area contributed by atoms with Crippen molar-refractivity contribution >= 4 is 11.6 Å². The molecule has 4 rings (SSSR count). The minimum Gasteiger partial charge on any atom is -0.479 e. The van der Waals surface area contributed by atoms with E-state index in [2.05, 4.69) is 30.6 Å². The van der Waals surface area contributed by atoms with Crippen LogP contribution in [0.5, 0.6) is 11.9 Å². The highest BCUT2D eigenvalue weighted by atomic mass is 16.5. The van der Waals surface area contributed by atoms with Gasteiger partial charge in [-0.1, -0.05) is 23.4 Å². The Hall–Kier alpha value is -4.34. The number of carbonyl (C=O) groups excluding carboxylic acids is 1. The number of methoxy groups -OCH3 is 1. The monoisotopic (exact) mass is 431 g/mol. The van der Waals surface area contributed by atoms with Crippen molar-refractivity contribution in [3.63, 3.8) is 0 Å². The molecule has 32 heavy (non-hydrogen) atoms. The molecule has 1 aromatic carbocycles. The Morgan fingerprint density at radius 1 is 1.09 bits per heavy atom. The third-order valence-electron chi connectivity index (χ3n) is 4.55. The highest BCUT2D eigenvalue weighted by Gasteiger charge is 2.21. The van der Waals surface area contributed by atoms with Crippen LogP contribution >= 0.6 is 0 Å². The van der Waals surface area contributed by atoms with Gasteiger partial charge in [0.15, 0.2) is 5.69 Å². The number of benzene rings is 1. The standard InChI is InChI=1S/C22H21N7O3/c1-4-32-22-23-12-15(13-24-22)17-10-11-18(21(26-17)31-3)25-20(30)19-14(2)27-28-29(19)16-8-6-5-7-9-16/h5-13H,4H2,1-3H3,(H,25,30). The third kappa shape index (κ3) is 4.24. The molecule has 0 aliphatic heterocycles. The first-order valence-corrected chi connectivity index (χ1v) is 9.90. The Bertz CT molecular complexity index is 1220. The molecule has 0 unspecified atom stereocenters. The molecule has 0 saturated heterocycles. The predicted octanol–water partition coefficient (Wildman–Crippen LogP) is 3.09. The minimum absolute atomic E-state index is 0.251. The van der Waals surface area contributed by atoms with Gasteiger partial charge in [0.05, 0.1) is 30.8 Å². The summed E-state index contributed by atoms with van der Waals surface area (Å²) >= 11 is 0. The fourth-order valence-electron chi connectivity index (χ4n) is 3.05. The molecule has 3 aromatic heterocycles. The number of hydrogen-bond donors (Lipinski definition) is 1. The van der Waals surface area contributed by atoms with Gasteiger partial charge in [-0.15, -0.1) is 5.10 Å². The quantitative estimate of drug-likeness (QED) is 0.474. The van der Waals surface area contributed by atoms with Gasteiger partial charge in [-0.2, -0.15) is 0 Å². The van der Waals surface area contributed by atoms with Crippen molar-refractivity contribution in [3.05, 3.63) is 66.2 Å². The molecule has 10 heteroatoms. The van der Waals surface area contributed by atoms with Crippen molar-refractivity contribution < 1.29 is 14.3 Å². The van der Waals surface area contributed by atoms with Gasteiger partial charge in [-0.05, 0) is 38.1 Å². The Morgan fingerprint density at radius 3 is 2.53 bits per heavy atom. The maximum absolute atomic E-state index is 13.1. The highest BCUT2D eigenvalue weighted by molar-refractivity contribution is 6.04. The summed E-state index contributed by atoms with van der Waals surface area (Å²) in [5, 5.41) is 11.0. The Labute approximate surface area is 184 Å². The van der Waals surface area contributed by atoms with Crippen LogP contribution in [0.25, 0.3) is 16.9 Å². The normalized spacial score (nSPS) is 10.6. The largest absolute Gasteiger partial charge is 0.479 e. The summed E-state index contributed by atoms with van der Waals surface area (Å²) in [5.74, 6) is -0.130. The summed E-state index contributed by atoms with van der Waals surface area (Å²) in [6, 6.07) is 13.1. The number of carbonyl (C=O) groups is 1. The van der Waals surface area contributed by atoms with Gasteiger partial charge in [0.2, 0.25) is 5.88 Å². The summed E-state index contributed by atoms with van der Waals surface area (Å²) in [6.45, 7) is 4.07. The maximum atomic E-state index is 13.1. The number of aromatic nitrogens is 6. The second-order valence-corrected chi connectivity index (χ2v) is 6.67. The number of hydrogen-bond acceptors (Lipinski definition) is 8. The Kier molecular flexibility index (Phi) is 6.02. The lowest BCUT2D eigenvalue weighted by Gasteiger charge is -2.12. The van der Waals surface area contributed by atoms with E-state index < -0.39 is 0 Å². The molecular formula is C22H21N7O3. The van der Waals surface area contributed by atoms with E-state index in [1.807, 2.05) is 37.3 Å². The van der Waals surface area contributed by atoms with Crippen LogP contribution in [0.1, 0.15) is 23.1 Å². The fourth-order valence-corrected chi connectivity index (χ4v) is 3.05. The van der Waals surface area contributed by atoms with E-state index in [1.165, 1.54) is 11.8 Å². The van der Waals surface area contributed by atoms with Crippen molar-refractivity contribution in [1.29, 1.82) is 0 Å². The summed E-state index contributed by atoms with van der Waals surface area (Å²) in [5.41, 5.74) is 3.24. The van der Waals surface area contributed by atoms with E-state index >= 15 is 0 Å². The summed E-state index contributed by atoms with van der Waals surface area (Å²) in [4.78, 5) is 25.9. The molecule has 0 bridgehead atoms. The van der Waals surface area contributed by atoms with Crippen molar-refractivity contribution in [2.24, 2.45) is 0 Å². The van der Waals surface area contributed by atoms with E-state index in [4.69, 9.17) is 9.47 Å². The smallest absolute Gasteiger partial charge is 0.316 e. The molecule has 0 aliphatic rings. The zero-order valence-corrected chi connectivity index (χ0v) is 17.8. The van der Waals surface area contributed by atoms with Crippen LogP contribution in [-0.4, -0.2) is 49.6 Å². The number of nitrogens with one attached hydrogen (secondary N) is 1. The molecule has 0 fully saturated rings. The number of aryl methyl sites for hydroxylation is 1. The van der Waals surface area contributed by atoms with Crippen LogP contribution < -0.4 is 14.8 Å². The summed E-state index contributed by atoms with van der Waals surface area (Å²) in [6.07, 6.45) is 3.23. The molecule has 0 saturated carbocycles. The second kappa shape index (κ2) is 9.21. The summed E-state index contributed by atoms with van der Waals surface area (Å²) < 4.78 is 12.2. The molecule has 4 aromatic rings. The van der Waals surface area contributed by atoms with Gasteiger partial charge in [0.25, 0.3) is 5.91 Å². The SMILES string of the molecule is CCOc1ncc(-c2ccc(NC(=O)c3c(C)nnn3-c3ccccc3)c(OC)n2)cn1. The van der Waals surface area contributed by atoms with Crippen LogP contribution in [0.15, 0.2) is 54.9 Å². The van der Waals surface area contributed by atoms with Gasteiger partial charge in [0, 0.05) is 18.0 Å². The van der Waals surface area contributed by atoms with Crippen LogP contribution in [0.4, 0.5) is 5.69 Å². The zero-order chi connectivity index (χ0) is 22.5. The third-order valence-corrected chi connectivity index (χ3v) is 4.55. The second-order valence-electron chi connectivity index (χ2n) is 6.67. The predicted molar refractivity (Wildman–Crippen MR) is 117 cm³/mol. The highest BCUT2D eigenvalue weighted by Crippen LogP contribution is 2.27. The minimum atomic E-state index is -0.381. The maximum Gasteiger partial charge on any atom is 0.316 e. The van der Waals surface area contributed by atoms with Crippen molar-refractivity contribution in [3.8, 4) is 28.8 Å². The number of pyridine rings is 1. The topological polar surface area (TPSA) is 117 Å². The molecule has 1 amide bonds. The summed E-state index contributed by atoms with van der Waals surface area (Å²) in [7, 11) is 1.48. The molecule has 10 nitrogen and oxygen atoms in total. The van der Waals surface area contributed by atoms with Crippen molar-refractivity contribution in [2.45, 2.75) is 13.8 Å². The first-order valence-electron chi connectivity index (χ1n) is 9.90. The number of nitrogens with zero attached hydrogens (tertiary/aromatic N) is 6. The fraction of sp³-hybridized carbons (Fsp3) is 0.182. The van der Waals surface area contributed by atoms with E-state index in [0.29, 0.717) is 40.9 Å². The Balaban J connectivity index is 1.60. The molecule has 0 aliphatic carbocycles. The molecular weight excluding hydrogens is 410 g/mol. The van der Waals surface area contributed by atoms with Crippen LogP contribution in [0, 0.1) is 6.92 Å². The van der Waals surface area contributed by atoms with E-state index in [-0.39, 0.29) is 11.8 Å². The first kappa shape index (κ1) is 20.9. The van der Waals surface area contributed by atoms with E-state index in [1.54, 1.807) is 31.5 Å². The van der Waals surface area contributed by atoms with Gasteiger partial charge >= 0.3 is 6.01 Å². The first-order chi connectivity index (χ1) is 15.6. The van der Waals surface area contributed by atoms with Gasteiger partial charge in [0.1, 0.15) is 5.69 Å². The lowest BCUT2D eigenvalue weighted by Crippen LogP contribution is -2.18. The number of anilines is 1. The Morgan fingerprint density at radius 2 is 1.84 bits per heavy atom. The van der Waals surface area contributed by atoms with E-state index in [9.17, 15) is 4.79 Å². The number of rotatable bonds is 7. The van der Waals surface area contributed by atoms with Crippen molar-refractivity contribution in [2.75, 3.05) is 19.0 Å². The van der Waals surface area contributed by atoms with Gasteiger partial charge in [-0.3, -0.25) is 4.79 Å². The average molecular weight is 431 g/mol. The number of para-hydroxylation sites is 1. The number of ether oxygens (including phenoxy) is 2. The molecule has 0 spiro atoms. The van der Waals surface area contributed by atoms with E-state index in [0.717, 1.165) is 5.69 Å². The van der Waals surface area contributed by atoms with Crippen LogP contribution in [0.2, 0.25) is 0 Å². The lowest BCUT2D eigenvalue weighted by molar-refractivity contribution is 0.101. The van der Waals surface area contributed by atoms with Gasteiger partial charge < -0.3 is 14.8 Å². The number of amides is 1. The van der Waals surface area contributed by atoms with Crippen LogP contribution in [-0.2, 0) is 0 Å². The van der Waals surface area contributed by atoms with Crippen LogP contribution in [0.3, 0.4) is 0 Å². The molecule has 1 N–H and O–H groups in total. The lowest BCUT2D eigenvalue weighted by atomic mass is 10.2. The molecule has 0 radical (unpaired) electrons. The molecule has 3 heterocycles. The van der Waals surface area contributed by atoms with Crippen molar-refractivity contribution in [1.82, 2.24) is 29.9 Å². The molecule has 162 valence electrons. The average Bonchev–Trinajstić information content (AvgIpc) is 3.22. The zero-order valence-electron chi connectivity index (χ0n) is 17.8.